The standard InChI is InChI=1S/C14H20N4O/c1-2-13(18-7-5-15-6-8-18)10-3-4-11-12(9-10)17-14(19)16-11/h3-4,9,13,15H,2,5-8H2,1H3,(H2,16,17,19). The Morgan fingerprint density at radius 2 is 1.95 bits per heavy atom. The largest absolute Gasteiger partial charge is 0.323 e. The van der Waals surface area contributed by atoms with Crippen molar-refractivity contribution in [1.82, 2.24) is 20.2 Å². The van der Waals surface area contributed by atoms with Gasteiger partial charge in [0.1, 0.15) is 0 Å². The molecule has 2 heterocycles. The topological polar surface area (TPSA) is 63.9 Å². The van der Waals surface area contributed by atoms with E-state index in [0.29, 0.717) is 6.04 Å². The molecule has 0 aliphatic carbocycles. The van der Waals surface area contributed by atoms with Gasteiger partial charge in [-0.25, -0.2) is 4.79 Å². The second-order valence-electron chi connectivity index (χ2n) is 5.09. The molecule has 0 saturated carbocycles. The van der Waals surface area contributed by atoms with E-state index in [1.54, 1.807) is 0 Å². The molecular weight excluding hydrogens is 240 g/mol. The summed E-state index contributed by atoms with van der Waals surface area (Å²) in [5.41, 5.74) is 2.93. The maximum atomic E-state index is 11.3. The number of rotatable bonds is 3. The van der Waals surface area contributed by atoms with E-state index in [4.69, 9.17) is 0 Å². The molecule has 0 bridgehead atoms. The minimum atomic E-state index is -0.137. The van der Waals surface area contributed by atoms with Crippen LogP contribution in [-0.2, 0) is 0 Å². The summed E-state index contributed by atoms with van der Waals surface area (Å²) in [7, 11) is 0. The third kappa shape index (κ3) is 2.43. The fourth-order valence-corrected chi connectivity index (χ4v) is 2.96. The van der Waals surface area contributed by atoms with Gasteiger partial charge in [0.15, 0.2) is 0 Å². The van der Waals surface area contributed by atoms with E-state index in [1.807, 2.05) is 6.07 Å². The maximum absolute atomic E-state index is 11.3. The number of nitrogens with one attached hydrogen (secondary N) is 3. The van der Waals surface area contributed by atoms with E-state index in [1.165, 1.54) is 5.56 Å². The van der Waals surface area contributed by atoms with E-state index in [-0.39, 0.29) is 5.69 Å². The van der Waals surface area contributed by atoms with Gasteiger partial charge in [-0.3, -0.25) is 4.90 Å². The van der Waals surface area contributed by atoms with Crippen LogP contribution in [-0.4, -0.2) is 41.0 Å². The molecule has 3 N–H and O–H groups in total. The van der Waals surface area contributed by atoms with Crippen LogP contribution in [0.15, 0.2) is 23.0 Å². The van der Waals surface area contributed by atoms with Crippen molar-refractivity contribution in [2.75, 3.05) is 26.2 Å². The molecule has 1 aromatic carbocycles. The van der Waals surface area contributed by atoms with Crippen LogP contribution in [0.25, 0.3) is 11.0 Å². The Morgan fingerprint density at radius 3 is 2.68 bits per heavy atom. The predicted octanol–water partition coefficient (Wildman–Crippen LogP) is 1.21. The first-order valence-corrected chi connectivity index (χ1v) is 6.94. The highest BCUT2D eigenvalue weighted by Crippen LogP contribution is 2.26. The number of aromatic amines is 2. The molecule has 0 spiro atoms. The lowest BCUT2D eigenvalue weighted by atomic mass is 10.0. The van der Waals surface area contributed by atoms with Crippen LogP contribution >= 0.6 is 0 Å². The monoisotopic (exact) mass is 260 g/mol. The summed E-state index contributed by atoms with van der Waals surface area (Å²) in [6, 6.07) is 6.66. The Labute approximate surface area is 112 Å². The molecule has 0 amide bonds. The predicted molar refractivity (Wildman–Crippen MR) is 76.4 cm³/mol. The lowest BCUT2D eigenvalue weighted by Crippen LogP contribution is -2.45. The summed E-state index contributed by atoms with van der Waals surface area (Å²) in [4.78, 5) is 19.5. The minimum Gasteiger partial charge on any atom is -0.314 e. The molecule has 1 aliphatic rings. The molecular formula is C14H20N4O. The zero-order valence-corrected chi connectivity index (χ0v) is 11.2. The number of fused-ring (bicyclic) bond motifs is 1. The molecule has 5 heteroatoms. The zero-order valence-electron chi connectivity index (χ0n) is 11.2. The molecule has 1 aromatic heterocycles. The van der Waals surface area contributed by atoms with Gasteiger partial charge < -0.3 is 15.3 Å². The number of H-pyrrole nitrogens is 2. The van der Waals surface area contributed by atoms with Gasteiger partial charge in [0.2, 0.25) is 0 Å². The summed E-state index contributed by atoms with van der Waals surface area (Å²) in [6.45, 7) is 6.50. The summed E-state index contributed by atoms with van der Waals surface area (Å²) < 4.78 is 0. The number of nitrogens with zero attached hydrogens (tertiary/aromatic N) is 1. The number of hydrogen-bond acceptors (Lipinski definition) is 3. The highest BCUT2D eigenvalue weighted by molar-refractivity contribution is 5.75. The lowest BCUT2D eigenvalue weighted by molar-refractivity contribution is 0.169. The number of hydrogen-bond donors (Lipinski definition) is 3. The summed E-state index contributed by atoms with van der Waals surface area (Å²) in [5, 5.41) is 3.38. The van der Waals surface area contributed by atoms with Crippen molar-refractivity contribution in [3.05, 3.63) is 34.2 Å². The van der Waals surface area contributed by atoms with Crippen LogP contribution in [0.5, 0.6) is 0 Å². The number of imidazole rings is 1. The van der Waals surface area contributed by atoms with Crippen molar-refractivity contribution < 1.29 is 0 Å². The maximum Gasteiger partial charge on any atom is 0.323 e. The molecule has 1 unspecified atom stereocenters. The third-order valence-electron chi connectivity index (χ3n) is 3.90. The van der Waals surface area contributed by atoms with Crippen molar-refractivity contribution in [2.24, 2.45) is 0 Å². The second-order valence-corrected chi connectivity index (χ2v) is 5.09. The first-order chi connectivity index (χ1) is 9.28. The van der Waals surface area contributed by atoms with Crippen LogP contribution in [0.2, 0.25) is 0 Å². The van der Waals surface area contributed by atoms with E-state index in [2.05, 4.69) is 39.2 Å². The first-order valence-electron chi connectivity index (χ1n) is 6.94. The Bertz CT molecular complexity index is 609. The average Bonchev–Trinajstić information content (AvgIpc) is 2.80. The van der Waals surface area contributed by atoms with Crippen molar-refractivity contribution in [3.8, 4) is 0 Å². The first kappa shape index (κ1) is 12.4. The molecule has 1 saturated heterocycles. The summed E-state index contributed by atoms with van der Waals surface area (Å²) >= 11 is 0. The van der Waals surface area contributed by atoms with Gasteiger partial charge in [-0.05, 0) is 24.1 Å². The molecule has 3 rings (SSSR count). The number of piperazine rings is 1. The van der Waals surface area contributed by atoms with Crippen LogP contribution in [0.1, 0.15) is 24.9 Å². The van der Waals surface area contributed by atoms with E-state index in [9.17, 15) is 4.79 Å². The molecule has 5 nitrogen and oxygen atoms in total. The molecule has 1 aliphatic heterocycles. The van der Waals surface area contributed by atoms with E-state index in [0.717, 1.165) is 43.6 Å². The number of aromatic nitrogens is 2. The Kier molecular flexibility index (Phi) is 3.40. The van der Waals surface area contributed by atoms with Gasteiger partial charge in [-0.15, -0.1) is 0 Å². The Morgan fingerprint density at radius 1 is 1.21 bits per heavy atom. The summed E-state index contributed by atoms with van der Waals surface area (Å²) in [6.07, 6.45) is 1.08. The molecule has 1 fully saturated rings. The van der Waals surface area contributed by atoms with Gasteiger partial charge in [0, 0.05) is 32.2 Å². The Balaban J connectivity index is 1.93. The van der Waals surface area contributed by atoms with Crippen LogP contribution in [0, 0.1) is 0 Å². The molecule has 102 valence electrons. The highest BCUT2D eigenvalue weighted by atomic mass is 16.1. The fourth-order valence-electron chi connectivity index (χ4n) is 2.96. The smallest absolute Gasteiger partial charge is 0.314 e. The van der Waals surface area contributed by atoms with Crippen molar-refractivity contribution in [1.29, 1.82) is 0 Å². The average molecular weight is 260 g/mol. The fraction of sp³-hybridized carbons (Fsp3) is 0.500. The third-order valence-corrected chi connectivity index (χ3v) is 3.90. The van der Waals surface area contributed by atoms with Crippen LogP contribution < -0.4 is 11.0 Å². The summed E-state index contributed by atoms with van der Waals surface area (Å²) in [5.74, 6) is 0. The van der Waals surface area contributed by atoms with Gasteiger partial charge >= 0.3 is 5.69 Å². The SMILES string of the molecule is CCC(c1ccc2[nH]c(=O)[nH]c2c1)N1CCNCC1. The second kappa shape index (κ2) is 5.19. The normalized spacial score (nSPS) is 18.8. The van der Waals surface area contributed by atoms with Crippen LogP contribution in [0.3, 0.4) is 0 Å². The number of benzene rings is 1. The van der Waals surface area contributed by atoms with Crippen molar-refractivity contribution >= 4 is 11.0 Å². The van der Waals surface area contributed by atoms with Gasteiger partial charge in [-0.2, -0.15) is 0 Å². The van der Waals surface area contributed by atoms with Crippen molar-refractivity contribution in [2.45, 2.75) is 19.4 Å². The minimum absolute atomic E-state index is 0.137. The van der Waals surface area contributed by atoms with Gasteiger partial charge in [0.25, 0.3) is 0 Å². The van der Waals surface area contributed by atoms with Crippen molar-refractivity contribution in [3.63, 3.8) is 0 Å². The molecule has 2 aromatic rings. The lowest BCUT2D eigenvalue weighted by Gasteiger charge is -2.34. The Hall–Kier alpha value is -1.59. The van der Waals surface area contributed by atoms with Gasteiger partial charge in [0.05, 0.1) is 11.0 Å². The molecule has 0 radical (unpaired) electrons. The quantitative estimate of drug-likeness (QED) is 0.777. The molecule has 19 heavy (non-hydrogen) atoms. The highest BCUT2D eigenvalue weighted by Gasteiger charge is 2.20. The molecule has 1 atom stereocenters. The van der Waals surface area contributed by atoms with E-state index < -0.39 is 0 Å². The van der Waals surface area contributed by atoms with Crippen LogP contribution in [0.4, 0.5) is 0 Å². The zero-order chi connectivity index (χ0) is 13.2. The van der Waals surface area contributed by atoms with Gasteiger partial charge in [-0.1, -0.05) is 13.0 Å². The van der Waals surface area contributed by atoms with E-state index >= 15 is 0 Å².